The van der Waals surface area contributed by atoms with E-state index >= 15 is 0 Å². The van der Waals surface area contributed by atoms with Crippen LogP contribution in [0.25, 0.3) is 5.52 Å². The lowest BCUT2D eigenvalue weighted by Crippen LogP contribution is -2.29. The minimum atomic E-state index is -0.386. The minimum Gasteiger partial charge on any atom is -0.383 e. The molecule has 0 unspecified atom stereocenters. The van der Waals surface area contributed by atoms with Crippen LogP contribution in [0.3, 0.4) is 0 Å². The van der Waals surface area contributed by atoms with Crippen LogP contribution in [-0.2, 0) is 11.2 Å². The number of aromatic nitrogens is 2. The first-order valence-corrected chi connectivity index (χ1v) is 8.87. The van der Waals surface area contributed by atoms with E-state index in [9.17, 15) is 14.0 Å². The Kier molecular flexibility index (Phi) is 6.33. The zero-order chi connectivity index (χ0) is 19.9. The van der Waals surface area contributed by atoms with Gasteiger partial charge in [0, 0.05) is 26.4 Å². The molecule has 2 N–H and O–H groups in total. The summed E-state index contributed by atoms with van der Waals surface area (Å²) in [5.41, 5.74) is 1.63. The van der Waals surface area contributed by atoms with Crippen molar-refractivity contribution in [2.75, 3.05) is 26.8 Å². The standard InChI is InChI=1S/C20H21FN4O3/c1-28-13-11-23-20(27)18-24-17(16-4-2-3-12-25(16)18)19(26)22-10-9-14-5-7-15(21)8-6-14/h2-8,12H,9-11,13H2,1H3,(H,22,26)(H,23,27). The second-order valence-electron chi connectivity index (χ2n) is 6.12. The van der Waals surface area contributed by atoms with Gasteiger partial charge in [0.1, 0.15) is 5.82 Å². The Morgan fingerprint density at radius 1 is 1.07 bits per heavy atom. The molecular weight excluding hydrogens is 363 g/mol. The van der Waals surface area contributed by atoms with Crippen molar-refractivity contribution in [2.45, 2.75) is 6.42 Å². The van der Waals surface area contributed by atoms with Crippen molar-refractivity contribution in [3.8, 4) is 0 Å². The number of amides is 2. The normalized spacial score (nSPS) is 10.8. The van der Waals surface area contributed by atoms with Crippen LogP contribution in [0.4, 0.5) is 4.39 Å². The second-order valence-corrected chi connectivity index (χ2v) is 6.12. The Labute approximate surface area is 161 Å². The molecule has 2 heterocycles. The molecule has 8 heteroatoms. The molecular formula is C20H21FN4O3. The van der Waals surface area contributed by atoms with Gasteiger partial charge < -0.3 is 15.4 Å². The number of hydrogen-bond acceptors (Lipinski definition) is 4. The number of benzene rings is 1. The molecule has 3 rings (SSSR count). The third-order valence-corrected chi connectivity index (χ3v) is 4.17. The van der Waals surface area contributed by atoms with E-state index in [0.29, 0.717) is 31.6 Å². The average Bonchev–Trinajstić information content (AvgIpc) is 3.09. The maximum absolute atomic E-state index is 13.0. The van der Waals surface area contributed by atoms with Crippen molar-refractivity contribution < 1.29 is 18.7 Å². The first kappa shape index (κ1) is 19.5. The number of halogens is 1. The van der Waals surface area contributed by atoms with Gasteiger partial charge in [-0.1, -0.05) is 18.2 Å². The number of hydrogen-bond donors (Lipinski definition) is 2. The van der Waals surface area contributed by atoms with Crippen LogP contribution in [0.5, 0.6) is 0 Å². The van der Waals surface area contributed by atoms with E-state index in [1.807, 2.05) is 0 Å². The molecule has 0 saturated heterocycles. The first-order chi connectivity index (χ1) is 13.6. The third kappa shape index (κ3) is 4.52. The number of carbonyl (C=O) groups is 2. The summed E-state index contributed by atoms with van der Waals surface area (Å²) in [4.78, 5) is 29.2. The highest BCUT2D eigenvalue weighted by molar-refractivity contribution is 6.02. The third-order valence-electron chi connectivity index (χ3n) is 4.17. The molecule has 0 aliphatic carbocycles. The van der Waals surface area contributed by atoms with Crippen LogP contribution in [0.2, 0.25) is 0 Å². The van der Waals surface area contributed by atoms with E-state index < -0.39 is 0 Å². The number of carbonyl (C=O) groups excluding carboxylic acids is 2. The van der Waals surface area contributed by atoms with E-state index in [2.05, 4.69) is 15.6 Å². The highest BCUT2D eigenvalue weighted by Crippen LogP contribution is 2.13. The first-order valence-electron chi connectivity index (χ1n) is 8.87. The summed E-state index contributed by atoms with van der Waals surface area (Å²) in [7, 11) is 1.55. The number of fused-ring (bicyclic) bond motifs is 1. The van der Waals surface area contributed by atoms with Gasteiger partial charge in [0.25, 0.3) is 11.8 Å². The van der Waals surface area contributed by atoms with Gasteiger partial charge in [0.15, 0.2) is 5.69 Å². The summed E-state index contributed by atoms with van der Waals surface area (Å²) in [6, 6.07) is 11.4. The van der Waals surface area contributed by atoms with Crippen molar-refractivity contribution in [3.63, 3.8) is 0 Å². The molecule has 0 bridgehead atoms. The molecule has 0 atom stereocenters. The average molecular weight is 384 g/mol. The number of methoxy groups -OCH3 is 1. The Bertz CT molecular complexity index is 969. The number of pyridine rings is 1. The lowest BCUT2D eigenvalue weighted by molar-refractivity contribution is 0.0926. The van der Waals surface area contributed by atoms with E-state index in [-0.39, 0.29) is 29.1 Å². The van der Waals surface area contributed by atoms with E-state index in [0.717, 1.165) is 5.56 Å². The Balaban J connectivity index is 1.71. The van der Waals surface area contributed by atoms with Crippen molar-refractivity contribution in [3.05, 3.63) is 71.6 Å². The van der Waals surface area contributed by atoms with Crippen LogP contribution >= 0.6 is 0 Å². The van der Waals surface area contributed by atoms with Crippen molar-refractivity contribution in [1.82, 2.24) is 20.0 Å². The molecule has 0 aliphatic rings. The molecule has 1 aromatic carbocycles. The number of nitrogens with one attached hydrogen (secondary N) is 2. The monoisotopic (exact) mass is 384 g/mol. The van der Waals surface area contributed by atoms with Crippen molar-refractivity contribution >= 4 is 17.3 Å². The van der Waals surface area contributed by atoms with Crippen LogP contribution < -0.4 is 10.6 Å². The molecule has 0 aliphatic heterocycles. The Hall–Kier alpha value is -3.26. The maximum atomic E-state index is 13.0. The summed E-state index contributed by atoms with van der Waals surface area (Å²) in [5, 5.41) is 5.50. The van der Waals surface area contributed by atoms with Crippen LogP contribution in [0.15, 0.2) is 48.7 Å². The molecule has 2 amide bonds. The van der Waals surface area contributed by atoms with Crippen LogP contribution in [-0.4, -0.2) is 48.0 Å². The zero-order valence-corrected chi connectivity index (χ0v) is 15.4. The number of imidazole rings is 1. The highest BCUT2D eigenvalue weighted by Gasteiger charge is 2.21. The van der Waals surface area contributed by atoms with Gasteiger partial charge in [-0.05, 0) is 36.2 Å². The fourth-order valence-corrected chi connectivity index (χ4v) is 2.77. The van der Waals surface area contributed by atoms with E-state index in [4.69, 9.17) is 4.74 Å². The van der Waals surface area contributed by atoms with Gasteiger partial charge in [-0.25, -0.2) is 9.37 Å². The van der Waals surface area contributed by atoms with Gasteiger partial charge in [-0.2, -0.15) is 0 Å². The summed E-state index contributed by atoms with van der Waals surface area (Å²) in [6.07, 6.45) is 2.24. The SMILES string of the molecule is COCCNC(=O)c1nc(C(=O)NCCc2ccc(F)cc2)c2ccccn12. The van der Waals surface area contributed by atoms with Crippen LogP contribution in [0.1, 0.15) is 26.7 Å². The fraction of sp³-hybridized carbons (Fsp3) is 0.250. The molecule has 0 fully saturated rings. The molecule has 0 saturated carbocycles. The largest absolute Gasteiger partial charge is 0.383 e. The smallest absolute Gasteiger partial charge is 0.287 e. The molecule has 0 radical (unpaired) electrons. The predicted octanol–water partition coefficient (Wildman–Crippen LogP) is 1.82. The molecule has 3 aromatic rings. The van der Waals surface area contributed by atoms with Crippen LogP contribution in [0, 0.1) is 5.82 Å². The van der Waals surface area contributed by atoms with E-state index in [1.54, 1.807) is 48.0 Å². The lowest BCUT2D eigenvalue weighted by Gasteiger charge is -2.04. The summed E-state index contributed by atoms with van der Waals surface area (Å²) < 4.78 is 19.5. The summed E-state index contributed by atoms with van der Waals surface area (Å²) >= 11 is 0. The minimum absolute atomic E-state index is 0.135. The Morgan fingerprint density at radius 2 is 1.82 bits per heavy atom. The molecule has 2 aromatic heterocycles. The molecule has 7 nitrogen and oxygen atoms in total. The number of nitrogens with zero attached hydrogens (tertiary/aromatic N) is 2. The van der Waals surface area contributed by atoms with Gasteiger partial charge in [0.2, 0.25) is 5.82 Å². The van der Waals surface area contributed by atoms with Crippen molar-refractivity contribution in [1.29, 1.82) is 0 Å². The van der Waals surface area contributed by atoms with Gasteiger partial charge in [-0.3, -0.25) is 14.0 Å². The number of rotatable bonds is 8. The lowest BCUT2D eigenvalue weighted by atomic mass is 10.1. The topological polar surface area (TPSA) is 84.7 Å². The van der Waals surface area contributed by atoms with E-state index in [1.165, 1.54) is 12.1 Å². The zero-order valence-electron chi connectivity index (χ0n) is 15.4. The Morgan fingerprint density at radius 3 is 2.57 bits per heavy atom. The fourth-order valence-electron chi connectivity index (χ4n) is 2.77. The van der Waals surface area contributed by atoms with Gasteiger partial charge in [0.05, 0.1) is 12.1 Å². The predicted molar refractivity (Wildman–Crippen MR) is 102 cm³/mol. The quantitative estimate of drug-likeness (QED) is 0.580. The molecule has 0 spiro atoms. The summed E-state index contributed by atoms with van der Waals surface area (Å²) in [5.74, 6) is -0.922. The molecule has 146 valence electrons. The second kappa shape index (κ2) is 9.09. The molecule has 28 heavy (non-hydrogen) atoms. The van der Waals surface area contributed by atoms with Crippen molar-refractivity contribution in [2.24, 2.45) is 0 Å². The highest BCUT2D eigenvalue weighted by atomic mass is 19.1. The van der Waals surface area contributed by atoms with Gasteiger partial charge >= 0.3 is 0 Å². The summed E-state index contributed by atoms with van der Waals surface area (Å²) in [6.45, 7) is 1.09. The number of ether oxygens (including phenoxy) is 1. The van der Waals surface area contributed by atoms with Gasteiger partial charge in [-0.15, -0.1) is 0 Å². The maximum Gasteiger partial charge on any atom is 0.287 e.